The molecule has 3 heterocycles. The molecule has 4 rings (SSSR count). The maximum Gasteiger partial charge on any atom is 0.272 e. The molecule has 0 bridgehead atoms. The lowest BCUT2D eigenvalue weighted by atomic mass is 10.1. The van der Waals surface area contributed by atoms with E-state index in [1.807, 2.05) is 63.6 Å². The number of benzene rings is 1. The molecule has 0 saturated carbocycles. The van der Waals surface area contributed by atoms with Gasteiger partial charge in [0.05, 0.1) is 18.8 Å². The normalized spacial score (nSPS) is 16.3. The highest BCUT2D eigenvalue weighted by molar-refractivity contribution is 6.30. The molecule has 1 aliphatic rings. The Bertz CT molecular complexity index is 1090. The van der Waals surface area contributed by atoms with Gasteiger partial charge >= 0.3 is 0 Å². The lowest BCUT2D eigenvalue weighted by Crippen LogP contribution is -2.42. The topological polar surface area (TPSA) is 71.5 Å². The number of hydrogen-bond acceptors (Lipinski definition) is 6. The monoisotopic (exact) mass is 437 g/mol. The molecule has 1 amide bonds. The predicted molar refractivity (Wildman–Crippen MR) is 120 cm³/mol. The lowest BCUT2D eigenvalue weighted by Gasteiger charge is -2.32. The van der Waals surface area contributed by atoms with Gasteiger partial charge < -0.3 is 14.5 Å². The van der Waals surface area contributed by atoms with E-state index in [2.05, 4.69) is 15.0 Å². The molecule has 7 nitrogen and oxygen atoms in total. The third kappa shape index (κ3) is 4.84. The van der Waals surface area contributed by atoms with Crippen LogP contribution in [0.15, 0.2) is 48.7 Å². The number of nitrogens with zero attached hydrogens (tertiary/aromatic N) is 5. The molecule has 1 aromatic carbocycles. The number of aromatic nitrogens is 3. The number of ether oxygens (including phenoxy) is 1. The second-order valence-corrected chi connectivity index (χ2v) is 8.12. The van der Waals surface area contributed by atoms with Crippen LogP contribution in [0.25, 0.3) is 11.1 Å². The summed E-state index contributed by atoms with van der Waals surface area (Å²) in [6, 6.07) is 13.3. The fourth-order valence-electron chi connectivity index (χ4n) is 3.47. The molecule has 160 valence electrons. The van der Waals surface area contributed by atoms with Crippen molar-refractivity contribution in [3.8, 4) is 11.1 Å². The Morgan fingerprint density at radius 1 is 1.16 bits per heavy atom. The summed E-state index contributed by atoms with van der Waals surface area (Å²) < 4.78 is 5.91. The van der Waals surface area contributed by atoms with E-state index in [0.717, 1.165) is 22.5 Å². The van der Waals surface area contributed by atoms with Gasteiger partial charge in [-0.15, -0.1) is 0 Å². The van der Waals surface area contributed by atoms with Gasteiger partial charge in [-0.3, -0.25) is 9.78 Å². The molecule has 31 heavy (non-hydrogen) atoms. The molecule has 0 aliphatic carbocycles. The van der Waals surface area contributed by atoms with Gasteiger partial charge in [-0.05, 0) is 36.8 Å². The van der Waals surface area contributed by atoms with Crippen molar-refractivity contribution in [1.82, 2.24) is 19.9 Å². The zero-order valence-corrected chi connectivity index (χ0v) is 18.5. The zero-order valence-electron chi connectivity index (χ0n) is 17.7. The van der Waals surface area contributed by atoms with Crippen molar-refractivity contribution in [2.45, 2.75) is 13.0 Å². The Hall–Kier alpha value is -3.03. The smallest absolute Gasteiger partial charge is 0.272 e. The van der Waals surface area contributed by atoms with Crippen LogP contribution in [0.5, 0.6) is 0 Å². The average molecular weight is 438 g/mol. The summed E-state index contributed by atoms with van der Waals surface area (Å²) in [4.78, 5) is 30.0. The number of carbonyl (C=O) groups is 1. The Labute approximate surface area is 186 Å². The van der Waals surface area contributed by atoms with E-state index in [9.17, 15) is 4.79 Å². The lowest BCUT2D eigenvalue weighted by molar-refractivity contribution is -0.0249. The van der Waals surface area contributed by atoms with Crippen molar-refractivity contribution in [2.24, 2.45) is 0 Å². The molecule has 3 aromatic rings. The van der Waals surface area contributed by atoms with Crippen molar-refractivity contribution in [3.05, 3.63) is 70.8 Å². The van der Waals surface area contributed by atoms with Crippen LogP contribution in [0, 0.1) is 6.92 Å². The first-order valence-corrected chi connectivity index (χ1v) is 10.4. The molecule has 8 heteroatoms. The van der Waals surface area contributed by atoms with Crippen LogP contribution in [0.3, 0.4) is 0 Å². The van der Waals surface area contributed by atoms with E-state index in [1.165, 1.54) is 0 Å². The molecule has 0 radical (unpaired) electrons. The number of pyridine rings is 1. The number of rotatable bonds is 4. The second-order valence-electron chi connectivity index (χ2n) is 7.68. The highest BCUT2D eigenvalue weighted by Gasteiger charge is 2.28. The maximum absolute atomic E-state index is 13.1. The van der Waals surface area contributed by atoms with Crippen LogP contribution in [0.1, 0.15) is 28.0 Å². The first kappa shape index (κ1) is 21.2. The number of amides is 1. The first-order valence-electron chi connectivity index (χ1n) is 10.1. The quantitative estimate of drug-likeness (QED) is 0.618. The van der Waals surface area contributed by atoms with Crippen LogP contribution < -0.4 is 4.90 Å². The highest BCUT2D eigenvalue weighted by atomic mass is 35.5. The highest BCUT2D eigenvalue weighted by Crippen LogP contribution is 2.26. The minimum atomic E-state index is -0.289. The van der Waals surface area contributed by atoms with Crippen LogP contribution >= 0.6 is 11.6 Å². The minimum Gasteiger partial charge on any atom is -0.368 e. The Morgan fingerprint density at radius 3 is 2.71 bits per heavy atom. The summed E-state index contributed by atoms with van der Waals surface area (Å²) in [7, 11) is 3.71. The molecular weight excluding hydrogens is 414 g/mol. The molecule has 1 fully saturated rings. The SMILES string of the molecule is Cc1cc(C(=O)N2CCO[C@H](c3ccc(-c4cccc(Cl)c4)cn3)C2)nc(N(C)C)n1. The van der Waals surface area contributed by atoms with Crippen LogP contribution in [0.2, 0.25) is 5.02 Å². The summed E-state index contributed by atoms with van der Waals surface area (Å²) in [6.07, 6.45) is 1.52. The van der Waals surface area contributed by atoms with Gasteiger partial charge in [0, 0.05) is 43.1 Å². The summed E-state index contributed by atoms with van der Waals surface area (Å²) in [5.41, 5.74) is 3.91. The molecule has 0 N–H and O–H groups in total. The van der Waals surface area contributed by atoms with Crippen molar-refractivity contribution < 1.29 is 9.53 Å². The fraction of sp³-hybridized carbons (Fsp3) is 0.304. The van der Waals surface area contributed by atoms with Crippen molar-refractivity contribution in [2.75, 3.05) is 38.7 Å². The van der Waals surface area contributed by atoms with Gasteiger partial charge in [0.15, 0.2) is 0 Å². The molecule has 2 aromatic heterocycles. The largest absolute Gasteiger partial charge is 0.368 e. The van der Waals surface area contributed by atoms with Crippen molar-refractivity contribution in [1.29, 1.82) is 0 Å². The second kappa shape index (κ2) is 8.99. The Morgan fingerprint density at radius 2 is 2.00 bits per heavy atom. The molecular formula is C23H24ClN5O2. The van der Waals surface area contributed by atoms with Gasteiger partial charge in [0.2, 0.25) is 5.95 Å². The van der Waals surface area contributed by atoms with Crippen molar-refractivity contribution in [3.63, 3.8) is 0 Å². The predicted octanol–water partition coefficient (Wildman–Crippen LogP) is 3.78. The van der Waals surface area contributed by atoms with Gasteiger partial charge in [-0.2, -0.15) is 0 Å². The molecule has 1 saturated heterocycles. The van der Waals surface area contributed by atoms with Gasteiger partial charge in [0.1, 0.15) is 11.8 Å². The standard InChI is InChI=1S/C23H24ClN5O2/c1-15-11-20(27-23(26-15)28(2)3)22(30)29-9-10-31-21(14-29)19-8-7-17(13-25-19)16-5-4-6-18(24)12-16/h4-8,11-13,21H,9-10,14H2,1-3H3/t21-/m0/s1. The number of morpholine rings is 1. The summed E-state index contributed by atoms with van der Waals surface area (Å²) >= 11 is 6.09. The fourth-order valence-corrected chi connectivity index (χ4v) is 3.66. The number of anilines is 1. The Kier molecular flexibility index (Phi) is 6.15. The molecule has 0 unspecified atom stereocenters. The van der Waals surface area contributed by atoms with E-state index < -0.39 is 0 Å². The van der Waals surface area contributed by atoms with E-state index in [4.69, 9.17) is 16.3 Å². The number of hydrogen-bond donors (Lipinski definition) is 0. The summed E-state index contributed by atoms with van der Waals surface area (Å²) in [5, 5.41) is 0.684. The van der Waals surface area contributed by atoms with Gasteiger partial charge in [-0.1, -0.05) is 29.8 Å². The maximum atomic E-state index is 13.1. The van der Waals surface area contributed by atoms with Gasteiger partial charge in [0.25, 0.3) is 5.91 Å². The van der Waals surface area contributed by atoms with Crippen LogP contribution in [0.4, 0.5) is 5.95 Å². The zero-order chi connectivity index (χ0) is 22.0. The van der Waals surface area contributed by atoms with Crippen molar-refractivity contribution >= 4 is 23.5 Å². The van der Waals surface area contributed by atoms with Gasteiger partial charge in [-0.25, -0.2) is 9.97 Å². The molecule has 1 aliphatic heterocycles. The van der Waals surface area contributed by atoms with E-state index in [0.29, 0.717) is 36.4 Å². The summed E-state index contributed by atoms with van der Waals surface area (Å²) in [6.45, 7) is 3.23. The Balaban J connectivity index is 1.50. The van der Waals surface area contributed by atoms with E-state index in [1.54, 1.807) is 15.9 Å². The number of halogens is 1. The van der Waals surface area contributed by atoms with Crippen LogP contribution in [-0.2, 0) is 4.74 Å². The summed E-state index contributed by atoms with van der Waals surface area (Å²) in [5.74, 6) is 0.392. The first-order chi connectivity index (χ1) is 14.9. The minimum absolute atomic E-state index is 0.127. The third-order valence-electron chi connectivity index (χ3n) is 5.09. The number of carbonyl (C=O) groups excluding carboxylic acids is 1. The molecule has 1 atom stereocenters. The number of aryl methyl sites for hydroxylation is 1. The molecule has 0 spiro atoms. The third-order valence-corrected chi connectivity index (χ3v) is 5.32. The average Bonchev–Trinajstić information content (AvgIpc) is 2.78. The van der Waals surface area contributed by atoms with Crippen LogP contribution in [-0.4, -0.2) is 59.6 Å². The van der Waals surface area contributed by atoms with E-state index >= 15 is 0 Å². The van der Waals surface area contributed by atoms with E-state index in [-0.39, 0.29) is 12.0 Å².